The number of nitrogens with zero attached hydrogens (tertiary/aromatic N) is 1. The molecule has 1 aromatic heterocycles. The molecular weight excluding hydrogens is 496 g/mol. The first-order valence-corrected chi connectivity index (χ1v) is 11.4. The summed E-state index contributed by atoms with van der Waals surface area (Å²) in [4.78, 5) is 25.7. The number of likely N-dealkylation sites (tertiary alicyclic amines) is 1. The number of carboxylic acids is 2. The zero-order valence-corrected chi connectivity index (χ0v) is 19.9. The van der Waals surface area contributed by atoms with Crippen molar-refractivity contribution in [2.75, 3.05) is 26.8 Å². The molecule has 0 saturated carbocycles. The fourth-order valence-electron chi connectivity index (χ4n) is 4.94. The SMILES string of the molecule is C=CCN1C[C@H](COC)CC2c3cccc4[nH]c(Br)c(c34)C[C@H]21.O=C(O)C(O)C(O)C(=O)O. The Kier molecular flexibility index (Phi) is 8.30. The van der Waals surface area contributed by atoms with Gasteiger partial charge in [0.05, 0.1) is 11.2 Å². The lowest BCUT2D eigenvalue weighted by Crippen LogP contribution is -2.50. The number of hydrogen-bond acceptors (Lipinski definition) is 6. The zero-order chi connectivity index (χ0) is 24.3. The molecule has 9 nitrogen and oxygen atoms in total. The van der Waals surface area contributed by atoms with Crippen molar-refractivity contribution in [1.29, 1.82) is 0 Å². The summed E-state index contributed by atoms with van der Waals surface area (Å²) in [6.45, 7) is 6.87. The number of carboxylic acid groups (broad SMARTS) is 2. The largest absolute Gasteiger partial charge is 0.479 e. The van der Waals surface area contributed by atoms with E-state index in [1.807, 2.05) is 13.2 Å². The first-order chi connectivity index (χ1) is 15.7. The van der Waals surface area contributed by atoms with E-state index in [9.17, 15) is 9.59 Å². The van der Waals surface area contributed by atoms with E-state index in [0.29, 0.717) is 17.9 Å². The maximum Gasteiger partial charge on any atom is 0.335 e. The first kappa shape index (κ1) is 25.4. The highest BCUT2D eigenvalue weighted by Crippen LogP contribution is 2.46. The molecule has 10 heteroatoms. The summed E-state index contributed by atoms with van der Waals surface area (Å²) in [5.41, 5.74) is 4.20. The smallest absolute Gasteiger partial charge is 0.335 e. The van der Waals surface area contributed by atoms with Crippen LogP contribution in [0.2, 0.25) is 0 Å². The number of aromatic amines is 1. The zero-order valence-electron chi connectivity index (χ0n) is 18.3. The molecule has 0 spiro atoms. The maximum absolute atomic E-state index is 9.77. The van der Waals surface area contributed by atoms with Gasteiger partial charge in [-0.05, 0) is 51.9 Å². The first-order valence-electron chi connectivity index (χ1n) is 10.6. The third kappa shape index (κ3) is 5.30. The minimum absolute atomic E-state index is 0.561. The van der Waals surface area contributed by atoms with Crippen LogP contribution in [0, 0.1) is 5.92 Å². The topological polar surface area (TPSA) is 143 Å². The molecule has 4 rings (SSSR count). The van der Waals surface area contributed by atoms with E-state index in [1.165, 1.54) is 28.5 Å². The monoisotopic (exact) mass is 524 g/mol. The van der Waals surface area contributed by atoms with Crippen LogP contribution >= 0.6 is 15.9 Å². The van der Waals surface area contributed by atoms with Crippen LogP contribution in [0.1, 0.15) is 23.5 Å². The van der Waals surface area contributed by atoms with Gasteiger partial charge in [0, 0.05) is 43.1 Å². The third-order valence-corrected chi connectivity index (χ3v) is 6.98. The molecule has 5 N–H and O–H groups in total. The molecule has 5 atom stereocenters. The fourth-order valence-corrected chi connectivity index (χ4v) is 5.52. The second-order valence-electron chi connectivity index (χ2n) is 8.43. The van der Waals surface area contributed by atoms with Gasteiger partial charge in [-0.3, -0.25) is 4.90 Å². The molecule has 0 bridgehead atoms. The highest BCUT2D eigenvalue weighted by molar-refractivity contribution is 9.10. The molecule has 1 saturated heterocycles. The van der Waals surface area contributed by atoms with E-state index in [1.54, 1.807) is 0 Å². The summed E-state index contributed by atoms with van der Waals surface area (Å²) in [7, 11) is 1.81. The van der Waals surface area contributed by atoms with Crippen molar-refractivity contribution in [3.8, 4) is 0 Å². The van der Waals surface area contributed by atoms with Crippen LogP contribution in [0.5, 0.6) is 0 Å². The van der Waals surface area contributed by atoms with Gasteiger partial charge >= 0.3 is 11.9 Å². The van der Waals surface area contributed by atoms with Crippen molar-refractivity contribution in [2.45, 2.75) is 37.0 Å². The van der Waals surface area contributed by atoms with Crippen LogP contribution in [0.25, 0.3) is 10.9 Å². The molecule has 1 aliphatic carbocycles. The molecular formula is C23H29BrN2O7. The van der Waals surface area contributed by atoms with Gasteiger partial charge in [-0.2, -0.15) is 0 Å². The fraction of sp³-hybridized carbons (Fsp3) is 0.478. The average Bonchev–Trinajstić information content (AvgIpc) is 3.10. The van der Waals surface area contributed by atoms with Gasteiger partial charge in [0.1, 0.15) is 0 Å². The molecule has 1 aliphatic heterocycles. The van der Waals surface area contributed by atoms with E-state index in [0.717, 1.165) is 30.7 Å². The van der Waals surface area contributed by atoms with Crippen molar-refractivity contribution in [1.82, 2.24) is 9.88 Å². The van der Waals surface area contributed by atoms with Crippen molar-refractivity contribution in [3.63, 3.8) is 0 Å². The summed E-state index contributed by atoms with van der Waals surface area (Å²) in [5.74, 6) is -2.35. The Hall–Kier alpha value is -2.24. The number of methoxy groups -OCH3 is 1. The van der Waals surface area contributed by atoms with Crippen molar-refractivity contribution in [3.05, 3.63) is 46.6 Å². The molecule has 0 amide bonds. The van der Waals surface area contributed by atoms with Gasteiger partial charge in [-0.15, -0.1) is 6.58 Å². The number of aliphatic hydroxyl groups excluding tert-OH is 2. The number of nitrogens with one attached hydrogen (secondary N) is 1. The number of aromatic nitrogens is 1. The molecule has 1 fully saturated rings. The minimum Gasteiger partial charge on any atom is -0.479 e. The Morgan fingerprint density at radius 1 is 1.30 bits per heavy atom. The Labute approximate surface area is 199 Å². The van der Waals surface area contributed by atoms with Gasteiger partial charge in [0.15, 0.2) is 12.2 Å². The van der Waals surface area contributed by atoms with Crippen LogP contribution in [-0.4, -0.2) is 87.3 Å². The summed E-state index contributed by atoms with van der Waals surface area (Å²) in [6.07, 6.45) is -0.173. The number of hydrogen-bond donors (Lipinski definition) is 5. The summed E-state index contributed by atoms with van der Waals surface area (Å²) in [6, 6.07) is 7.25. The Morgan fingerprint density at radius 3 is 2.55 bits per heavy atom. The van der Waals surface area contributed by atoms with Gasteiger partial charge in [0.2, 0.25) is 0 Å². The molecule has 2 aliphatic rings. The molecule has 2 heterocycles. The van der Waals surface area contributed by atoms with Crippen LogP contribution in [-0.2, 0) is 20.7 Å². The molecule has 3 unspecified atom stereocenters. The third-order valence-electron chi connectivity index (χ3n) is 6.31. The quantitative estimate of drug-likeness (QED) is 0.346. The number of fused-ring (bicyclic) bond motifs is 2. The van der Waals surface area contributed by atoms with Crippen LogP contribution in [0.3, 0.4) is 0 Å². The normalized spacial score (nSPS) is 23.7. The number of piperidine rings is 1. The Morgan fingerprint density at radius 2 is 1.97 bits per heavy atom. The molecule has 1 aromatic carbocycles. The Bertz CT molecular complexity index is 1010. The predicted octanol–water partition coefficient (Wildman–Crippen LogP) is 1.97. The van der Waals surface area contributed by atoms with Crippen molar-refractivity contribution >= 4 is 38.8 Å². The molecule has 33 heavy (non-hydrogen) atoms. The Balaban J connectivity index is 0.000000262. The second-order valence-corrected chi connectivity index (χ2v) is 9.22. The van der Waals surface area contributed by atoms with Crippen molar-refractivity contribution in [2.24, 2.45) is 5.92 Å². The number of H-pyrrole nitrogens is 1. The predicted molar refractivity (Wildman–Crippen MR) is 125 cm³/mol. The highest BCUT2D eigenvalue weighted by atomic mass is 79.9. The summed E-state index contributed by atoms with van der Waals surface area (Å²) >= 11 is 3.74. The van der Waals surface area contributed by atoms with Gasteiger partial charge < -0.3 is 30.1 Å². The number of ether oxygens (including phenoxy) is 1. The van der Waals surface area contributed by atoms with Crippen molar-refractivity contribution < 1.29 is 34.8 Å². The number of benzene rings is 1. The number of aliphatic carboxylic acids is 2. The van der Waals surface area contributed by atoms with Gasteiger partial charge in [0.25, 0.3) is 0 Å². The highest BCUT2D eigenvalue weighted by Gasteiger charge is 2.41. The standard InChI is InChI=1S/C19H23BrN2O.C4H6O6/c1-3-7-22-10-12(11-23-2)8-14-13-5-4-6-16-18(13)15(9-17(14)22)19(20)21-16;5-1(3(7)8)2(6)4(9)10/h3-6,12,14,17,21H,1,7-11H2,2H3;1-2,5-6H,(H,7,8)(H,9,10)/t12-,14?,17-;/m1./s1. The molecule has 2 aromatic rings. The average molecular weight is 525 g/mol. The van der Waals surface area contributed by atoms with E-state index >= 15 is 0 Å². The van der Waals surface area contributed by atoms with Crippen LogP contribution < -0.4 is 0 Å². The lowest BCUT2D eigenvalue weighted by molar-refractivity contribution is -0.165. The van der Waals surface area contributed by atoms with E-state index in [-0.39, 0.29) is 0 Å². The number of carbonyl (C=O) groups is 2. The lowest BCUT2D eigenvalue weighted by atomic mass is 9.72. The number of halogens is 1. The summed E-state index contributed by atoms with van der Waals surface area (Å²) < 4.78 is 6.62. The number of aliphatic hydroxyl groups is 2. The molecule has 0 radical (unpaired) electrons. The second kappa shape index (κ2) is 10.8. The number of rotatable bonds is 7. The van der Waals surface area contributed by atoms with E-state index < -0.39 is 24.1 Å². The van der Waals surface area contributed by atoms with Gasteiger partial charge in [-0.25, -0.2) is 9.59 Å². The lowest BCUT2D eigenvalue weighted by Gasteiger charge is -2.46. The minimum atomic E-state index is -2.27. The molecule has 180 valence electrons. The van der Waals surface area contributed by atoms with Crippen LogP contribution in [0.4, 0.5) is 0 Å². The van der Waals surface area contributed by atoms with Crippen LogP contribution in [0.15, 0.2) is 35.5 Å². The van der Waals surface area contributed by atoms with E-state index in [4.69, 9.17) is 25.2 Å². The van der Waals surface area contributed by atoms with E-state index in [2.05, 4.69) is 50.6 Å². The van der Waals surface area contributed by atoms with Gasteiger partial charge in [-0.1, -0.05) is 18.2 Å². The maximum atomic E-state index is 9.77. The summed E-state index contributed by atoms with van der Waals surface area (Å²) in [5, 5.41) is 34.0.